The number of amides is 2. The van der Waals surface area contributed by atoms with Crippen molar-refractivity contribution in [3.63, 3.8) is 0 Å². The standard InChI is InChI=1S/C31H31FN4O3/c1-39-19-18-36-29(26-20-33-27-9-5-4-6-23(26)27)28(24-7-2-3-8-25(24)30(36)37)31(38)35-16-14-34(15-17-35)22-12-10-21(32)11-13-22/h2-13,20,28-29,33H,14-19H2,1H3. The van der Waals surface area contributed by atoms with E-state index in [1.807, 2.05) is 59.6 Å². The molecule has 0 aliphatic carbocycles. The Kier molecular flexibility index (Phi) is 6.79. The summed E-state index contributed by atoms with van der Waals surface area (Å²) in [4.78, 5) is 37.5. The van der Waals surface area contributed by atoms with Crippen molar-refractivity contribution >= 4 is 28.4 Å². The van der Waals surface area contributed by atoms with Gasteiger partial charge in [-0.2, -0.15) is 0 Å². The Morgan fingerprint density at radius 1 is 0.949 bits per heavy atom. The fourth-order valence-electron chi connectivity index (χ4n) is 6.01. The molecule has 1 fully saturated rings. The zero-order chi connectivity index (χ0) is 26.9. The van der Waals surface area contributed by atoms with Crippen LogP contribution in [0.4, 0.5) is 10.1 Å². The van der Waals surface area contributed by atoms with Gasteiger partial charge in [0.1, 0.15) is 5.82 Å². The molecule has 0 spiro atoms. The van der Waals surface area contributed by atoms with E-state index in [4.69, 9.17) is 4.74 Å². The van der Waals surface area contributed by atoms with E-state index < -0.39 is 12.0 Å². The average molecular weight is 527 g/mol. The maximum atomic E-state index is 14.4. The van der Waals surface area contributed by atoms with Gasteiger partial charge in [-0.3, -0.25) is 9.59 Å². The van der Waals surface area contributed by atoms with E-state index in [9.17, 15) is 14.0 Å². The monoisotopic (exact) mass is 526 g/mol. The van der Waals surface area contributed by atoms with Gasteiger partial charge in [0.2, 0.25) is 5.91 Å². The van der Waals surface area contributed by atoms with E-state index in [-0.39, 0.29) is 17.6 Å². The average Bonchev–Trinajstić information content (AvgIpc) is 3.41. The molecule has 0 radical (unpaired) electrons. The largest absolute Gasteiger partial charge is 0.383 e. The van der Waals surface area contributed by atoms with Gasteiger partial charge in [0.15, 0.2) is 0 Å². The van der Waals surface area contributed by atoms with Crippen LogP contribution in [-0.2, 0) is 9.53 Å². The number of hydrogen-bond donors (Lipinski definition) is 1. The molecule has 7 nitrogen and oxygen atoms in total. The maximum absolute atomic E-state index is 14.4. The highest BCUT2D eigenvalue weighted by Crippen LogP contribution is 2.45. The number of aromatic nitrogens is 1. The molecule has 0 saturated carbocycles. The van der Waals surface area contributed by atoms with Crippen LogP contribution in [0.25, 0.3) is 10.9 Å². The number of carbonyl (C=O) groups excluding carboxylic acids is 2. The molecular weight excluding hydrogens is 495 g/mol. The molecule has 2 aliphatic heterocycles. The molecule has 3 heterocycles. The quantitative estimate of drug-likeness (QED) is 0.399. The highest BCUT2D eigenvalue weighted by molar-refractivity contribution is 6.02. The van der Waals surface area contributed by atoms with Crippen molar-refractivity contribution in [3.05, 3.63) is 102 Å². The van der Waals surface area contributed by atoms with Crippen molar-refractivity contribution in [3.8, 4) is 0 Å². The first-order valence-corrected chi connectivity index (χ1v) is 13.3. The van der Waals surface area contributed by atoms with E-state index >= 15 is 0 Å². The summed E-state index contributed by atoms with van der Waals surface area (Å²) >= 11 is 0. The summed E-state index contributed by atoms with van der Waals surface area (Å²) in [5, 5.41) is 0.996. The second-order valence-corrected chi connectivity index (χ2v) is 10.1. The Balaban J connectivity index is 1.38. The zero-order valence-electron chi connectivity index (χ0n) is 21.8. The lowest BCUT2D eigenvalue weighted by Crippen LogP contribution is -2.53. The summed E-state index contributed by atoms with van der Waals surface area (Å²) in [6.45, 7) is 3.12. The number of rotatable bonds is 6. The number of ether oxygens (including phenoxy) is 1. The number of para-hydroxylation sites is 1. The van der Waals surface area contributed by atoms with Crippen molar-refractivity contribution in [2.75, 3.05) is 51.3 Å². The predicted octanol–water partition coefficient (Wildman–Crippen LogP) is 4.58. The molecule has 2 aliphatic rings. The van der Waals surface area contributed by atoms with Gasteiger partial charge in [-0.25, -0.2) is 4.39 Å². The van der Waals surface area contributed by atoms with E-state index in [1.165, 1.54) is 12.1 Å². The smallest absolute Gasteiger partial charge is 0.254 e. The Labute approximate surface area is 226 Å². The highest BCUT2D eigenvalue weighted by atomic mass is 19.1. The second kappa shape index (κ2) is 10.5. The van der Waals surface area contributed by atoms with Gasteiger partial charge >= 0.3 is 0 Å². The second-order valence-electron chi connectivity index (χ2n) is 10.1. The first-order valence-electron chi connectivity index (χ1n) is 13.3. The van der Waals surface area contributed by atoms with Gasteiger partial charge in [0.25, 0.3) is 5.91 Å². The first kappa shape index (κ1) is 25.1. The number of carbonyl (C=O) groups is 2. The van der Waals surface area contributed by atoms with Gasteiger partial charge in [-0.05, 0) is 42.0 Å². The van der Waals surface area contributed by atoms with Crippen molar-refractivity contribution in [2.45, 2.75) is 12.0 Å². The lowest BCUT2D eigenvalue weighted by atomic mass is 9.78. The summed E-state index contributed by atoms with van der Waals surface area (Å²) in [5.74, 6) is -0.915. The van der Waals surface area contributed by atoms with Gasteiger partial charge in [0, 0.05) is 73.7 Å². The van der Waals surface area contributed by atoms with Crippen molar-refractivity contribution < 1.29 is 18.7 Å². The molecule has 8 heteroatoms. The fourth-order valence-corrected chi connectivity index (χ4v) is 6.01. The van der Waals surface area contributed by atoms with Crippen molar-refractivity contribution in [2.24, 2.45) is 0 Å². The number of halogens is 1. The molecule has 2 amide bonds. The number of piperazine rings is 1. The number of aromatic amines is 1. The SMILES string of the molecule is COCCN1C(=O)c2ccccc2C(C(=O)N2CCN(c3ccc(F)cc3)CC2)C1c1c[nH]c2ccccc12. The van der Waals surface area contributed by atoms with Crippen molar-refractivity contribution in [1.82, 2.24) is 14.8 Å². The number of benzene rings is 3. The van der Waals surface area contributed by atoms with Crippen LogP contribution in [0.1, 0.15) is 33.4 Å². The topological polar surface area (TPSA) is 68.9 Å². The van der Waals surface area contributed by atoms with Gasteiger partial charge < -0.3 is 24.4 Å². The van der Waals surface area contributed by atoms with Crippen LogP contribution in [0.2, 0.25) is 0 Å². The molecule has 1 saturated heterocycles. The highest BCUT2D eigenvalue weighted by Gasteiger charge is 2.46. The van der Waals surface area contributed by atoms with Crippen LogP contribution in [-0.4, -0.2) is 73.0 Å². The third-order valence-corrected chi connectivity index (χ3v) is 7.96. The minimum absolute atomic E-state index is 0.00593. The Morgan fingerprint density at radius 3 is 2.44 bits per heavy atom. The maximum Gasteiger partial charge on any atom is 0.254 e. The molecule has 1 N–H and O–H groups in total. The molecule has 0 bridgehead atoms. The van der Waals surface area contributed by atoms with Gasteiger partial charge in [-0.1, -0.05) is 36.4 Å². The number of H-pyrrole nitrogens is 1. The van der Waals surface area contributed by atoms with Crippen LogP contribution < -0.4 is 4.90 Å². The summed E-state index contributed by atoms with van der Waals surface area (Å²) in [6.07, 6.45) is 1.93. The van der Waals surface area contributed by atoms with Gasteiger partial charge in [-0.15, -0.1) is 0 Å². The summed E-state index contributed by atoms with van der Waals surface area (Å²) in [7, 11) is 1.62. The minimum atomic E-state index is -0.563. The summed E-state index contributed by atoms with van der Waals surface area (Å²) in [5.41, 5.74) is 4.15. The molecule has 2 atom stereocenters. The molecular formula is C31H31FN4O3. The normalized spacial score (nSPS) is 19.4. The van der Waals surface area contributed by atoms with Crippen LogP contribution in [0, 0.1) is 5.82 Å². The van der Waals surface area contributed by atoms with E-state index in [1.54, 1.807) is 24.1 Å². The summed E-state index contributed by atoms with van der Waals surface area (Å²) < 4.78 is 18.8. The zero-order valence-corrected chi connectivity index (χ0v) is 21.8. The summed E-state index contributed by atoms with van der Waals surface area (Å²) in [6, 6.07) is 21.4. The van der Waals surface area contributed by atoms with E-state index in [0.717, 1.165) is 27.7 Å². The Hall–Kier alpha value is -4.17. The van der Waals surface area contributed by atoms with Crippen LogP contribution >= 0.6 is 0 Å². The number of nitrogens with zero attached hydrogens (tertiary/aromatic N) is 3. The molecule has 6 rings (SSSR count). The Bertz CT molecular complexity index is 1490. The third kappa shape index (κ3) is 4.55. The number of nitrogens with one attached hydrogen (secondary N) is 1. The molecule has 39 heavy (non-hydrogen) atoms. The minimum Gasteiger partial charge on any atom is -0.383 e. The molecule has 3 aromatic carbocycles. The predicted molar refractivity (Wildman–Crippen MR) is 148 cm³/mol. The van der Waals surface area contributed by atoms with Crippen LogP contribution in [0.15, 0.2) is 79.0 Å². The molecule has 1 aromatic heterocycles. The van der Waals surface area contributed by atoms with Crippen LogP contribution in [0.5, 0.6) is 0 Å². The number of anilines is 1. The number of fused-ring (bicyclic) bond motifs is 2. The van der Waals surface area contributed by atoms with Gasteiger partial charge in [0.05, 0.1) is 18.6 Å². The molecule has 200 valence electrons. The fraction of sp³-hybridized carbons (Fsp3) is 0.290. The molecule has 4 aromatic rings. The third-order valence-electron chi connectivity index (χ3n) is 7.96. The van der Waals surface area contributed by atoms with E-state index in [0.29, 0.717) is 44.9 Å². The van der Waals surface area contributed by atoms with Crippen molar-refractivity contribution in [1.29, 1.82) is 0 Å². The number of methoxy groups -OCH3 is 1. The lowest BCUT2D eigenvalue weighted by Gasteiger charge is -2.44. The van der Waals surface area contributed by atoms with Crippen LogP contribution in [0.3, 0.4) is 0 Å². The number of hydrogen-bond acceptors (Lipinski definition) is 4. The van der Waals surface area contributed by atoms with E-state index in [2.05, 4.69) is 9.88 Å². The lowest BCUT2D eigenvalue weighted by molar-refractivity contribution is -0.135. The molecule has 2 unspecified atom stereocenters. The first-order chi connectivity index (χ1) is 19.1. The Morgan fingerprint density at radius 2 is 1.67 bits per heavy atom.